The first-order valence-electron chi connectivity index (χ1n) is 6.02. The van der Waals surface area contributed by atoms with E-state index in [1.165, 1.54) is 32.2 Å². The van der Waals surface area contributed by atoms with Crippen LogP contribution in [0, 0.1) is 5.41 Å². The molecule has 1 aliphatic heterocycles. The summed E-state index contributed by atoms with van der Waals surface area (Å²) in [6.45, 7) is 10.3. The van der Waals surface area contributed by atoms with Gasteiger partial charge in [0.05, 0.1) is 0 Å². The van der Waals surface area contributed by atoms with Gasteiger partial charge in [0, 0.05) is 19.1 Å². The quantitative estimate of drug-likeness (QED) is 0.726. The molecule has 1 saturated heterocycles. The van der Waals surface area contributed by atoms with E-state index in [9.17, 15) is 0 Å². The summed E-state index contributed by atoms with van der Waals surface area (Å²) in [6.07, 6.45) is 5.50. The molecule has 0 spiro atoms. The Labute approximate surface area is 88.8 Å². The summed E-state index contributed by atoms with van der Waals surface area (Å²) in [7, 11) is 0. The molecule has 1 unspecified atom stereocenters. The predicted molar refractivity (Wildman–Crippen MR) is 62.6 cm³/mol. The van der Waals surface area contributed by atoms with Gasteiger partial charge in [-0.1, -0.05) is 33.6 Å². The van der Waals surface area contributed by atoms with Crippen LogP contribution in [0.15, 0.2) is 0 Å². The normalized spacial score (nSPS) is 24.6. The Morgan fingerprint density at radius 3 is 2.71 bits per heavy atom. The summed E-state index contributed by atoms with van der Waals surface area (Å²) >= 11 is 0. The minimum atomic E-state index is 0.407. The molecule has 0 aromatic rings. The molecule has 1 atom stereocenters. The molecule has 0 radical (unpaired) electrons. The minimum absolute atomic E-state index is 0.407. The molecule has 0 amide bonds. The second-order valence-corrected chi connectivity index (χ2v) is 5.69. The predicted octanol–water partition coefficient (Wildman–Crippen LogP) is 2.15. The van der Waals surface area contributed by atoms with Crippen molar-refractivity contribution >= 4 is 0 Å². The molecular formula is C12H26N2. The van der Waals surface area contributed by atoms with Crippen molar-refractivity contribution in [2.75, 3.05) is 19.6 Å². The molecule has 1 heterocycles. The number of rotatable bonds is 3. The van der Waals surface area contributed by atoms with E-state index in [1.807, 2.05) is 0 Å². The summed E-state index contributed by atoms with van der Waals surface area (Å²) in [5.74, 6) is 0. The van der Waals surface area contributed by atoms with Crippen LogP contribution < -0.4 is 10.6 Å². The lowest BCUT2D eigenvalue weighted by atomic mass is 9.97. The van der Waals surface area contributed by atoms with E-state index in [-0.39, 0.29) is 0 Å². The Morgan fingerprint density at radius 1 is 1.21 bits per heavy atom. The van der Waals surface area contributed by atoms with Crippen LogP contribution >= 0.6 is 0 Å². The molecule has 2 heteroatoms. The van der Waals surface area contributed by atoms with Gasteiger partial charge in [0.1, 0.15) is 0 Å². The van der Waals surface area contributed by atoms with Gasteiger partial charge in [0.25, 0.3) is 0 Å². The molecule has 0 aromatic heterocycles. The molecule has 0 saturated carbocycles. The highest BCUT2D eigenvalue weighted by Crippen LogP contribution is 2.11. The van der Waals surface area contributed by atoms with Crippen LogP contribution in [-0.2, 0) is 0 Å². The van der Waals surface area contributed by atoms with E-state index in [0.717, 1.165) is 13.1 Å². The molecule has 14 heavy (non-hydrogen) atoms. The Kier molecular flexibility index (Phi) is 4.90. The van der Waals surface area contributed by atoms with E-state index < -0.39 is 0 Å². The highest BCUT2D eigenvalue weighted by molar-refractivity contribution is 4.74. The number of hydrogen-bond acceptors (Lipinski definition) is 2. The maximum Gasteiger partial charge on any atom is 0.0192 e. The van der Waals surface area contributed by atoms with Gasteiger partial charge in [-0.25, -0.2) is 0 Å². The van der Waals surface area contributed by atoms with Gasteiger partial charge in [-0.15, -0.1) is 0 Å². The second-order valence-electron chi connectivity index (χ2n) is 5.69. The third-order valence-electron chi connectivity index (χ3n) is 2.71. The molecule has 1 fully saturated rings. The Morgan fingerprint density at radius 2 is 2.00 bits per heavy atom. The molecule has 1 aliphatic rings. The van der Waals surface area contributed by atoms with Gasteiger partial charge in [0.2, 0.25) is 0 Å². The second kappa shape index (κ2) is 5.72. The molecule has 1 rings (SSSR count). The zero-order chi connectivity index (χ0) is 10.4. The van der Waals surface area contributed by atoms with Crippen LogP contribution in [-0.4, -0.2) is 25.7 Å². The zero-order valence-electron chi connectivity index (χ0n) is 10.0. The van der Waals surface area contributed by atoms with E-state index in [4.69, 9.17) is 0 Å². The van der Waals surface area contributed by atoms with Crippen LogP contribution in [0.3, 0.4) is 0 Å². The Balaban J connectivity index is 2.10. The average molecular weight is 198 g/mol. The van der Waals surface area contributed by atoms with Crippen LogP contribution in [0.1, 0.15) is 46.5 Å². The SMILES string of the molecule is CC(C)(C)CNCC1CCCCCN1. The largest absolute Gasteiger partial charge is 0.315 e. The maximum absolute atomic E-state index is 3.61. The molecule has 84 valence electrons. The van der Waals surface area contributed by atoms with Gasteiger partial charge >= 0.3 is 0 Å². The van der Waals surface area contributed by atoms with Crippen LogP contribution in [0.4, 0.5) is 0 Å². The minimum Gasteiger partial charge on any atom is -0.315 e. The fourth-order valence-electron chi connectivity index (χ4n) is 1.90. The van der Waals surface area contributed by atoms with Crippen molar-refractivity contribution in [3.8, 4) is 0 Å². The monoisotopic (exact) mass is 198 g/mol. The topological polar surface area (TPSA) is 24.1 Å². The molecule has 0 bridgehead atoms. The van der Waals surface area contributed by atoms with Gasteiger partial charge in [-0.3, -0.25) is 0 Å². The van der Waals surface area contributed by atoms with E-state index in [2.05, 4.69) is 31.4 Å². The first kappa shape index (κ1) is 12.0. The van der Waals surface area contributed by atoms with Crippen molar-refractivity contribution in [3.05, 3.63) is 0 Å². The number of nitrogens with one attached hydrogen (secondary N) is 2. The van der Waals surface area contributed by atoms with Crippen molar-refractivity contribution in [1.82, 2.24) is 10.6 Å². The van der Waals surface area contributed by atoms with Gasteiger partial charge in [0.15, 0.2) is 0 Å². The smallest absolute Gasteiger partial charge is 0.0192 e. The molecule has 0 aromatic carbocycles. The van der Waals surface area contributed by atoms with Gasteiger partial charge < -0.3 is 10.6 Å². The zero-order valence-corrected chi connectivity index (χ0v) is 10.0. The molecular weight excluding hydrogens is 172 g/mol. The highest BCUT2D eigenvalue weighted by Gasteiger charge is 2.13. The van der Waals surface area contributed by atoms with Crippen molar-refractivity contribution in [3.63, 3.8) is 0 Å². The summed E-state index contributed by atoms with van der Waals surface area (Å²) in [5, 5.41) is 7.17. The fraction of sp³-hybridized carbons (Fsp3) is 1.00. The van der Waals surface area contributed by atoms with Crippen molar-refractivity contribution in [1.29, 1.82) is 0 Å². The highest BCUT2D eigenvalue weighted by atomic mass is 15.0. The van der Waals surface area contributed by atoms with Crippen LogP contribution in [0.25, 0.3) is 0 Å². The lowest BCUT2D eigenvalue weighted by Gasteiger charge is -2.22. The van der Waals surface area contributed by atoms with Crippen molar-refractivity contribution < 1.29 is 0 Å². The van der Waals surface area contributed by atoms with Gasteiger partial charge in [-0.05, 0) is 24.8 Å². The van der Waals surface area contributed by atoms with Crippen LogP contribution in [0.5, 0.6) is 0 Å². The lowest BCUT2D eigenvalue weighted by Crippen LogP contribution is -2.40. The Bertz CT molecular complexity index is 141. The lowest BCUT2D eigenvalue weighted by molar-refractivity contribution is 0.360. The third-order valence-corrected chi connectivity index (χ3v) is 2.71. The van der Waals surface area contributed by atoms with E-state index in [1.54, 1.807) is 0 Å². The van der Waals surface area contributed by atoms with E-state index in [0.29, 0.717) is 11.5 Å². The average Bonchev–Trinajstić information content (AvgIpc) is 2.30. The summed E-state index contributed by atoms with van der Waals surface area (Å²) in [6, 6.07) is 0.708. The summed E-state index contributed by atoms with van der Waals surface area (Å²) in [5.41, 5.74) is 0.407. The molecule has 2 nitrogen and oxygen atoms in total. The van der Waals surface area contributed by atoms with Crippen LogP contribution in [0.2, 0.25) is 0 Å². The first-order valence-corrected chi connectivity index (χ1v) is 6.02. The van der Waals surface area contributed by atoms with E-state index >= 15 is 0 Å². The standard InChI is InChI=1S/C12H26N2/c1-12(2,3)10-13-9-11-7-5-4-6-8-14-11/h11,13-14H,4-10H2,1-3H3. The molecule has 2 N–H and O–H groups in total. The third kappa shape index (κ3) is 5.61. The summed E-state index contributed by atoms with van der Waals surface area (Å²) < 4.78 is 0. The summed E-state index contributed by atoms with van der Waals surface area (Å²) in [4.78, 5) is 0. The fourth-order valence-corrected chi connectivity index (χ4v) is 1.90. The molecule has 0 aliphatic carbocycles. The number of hydrogen-bond donors (Lipinski definition) is 2. The Hall–Kier alpha value is -0.0800. The van der Waals surface area contributed by atoms with Crippen molar-refractivity contribution in [2.45, 2.75) is 52.5 Å². The first-order chi connectivity index (χ1) is 6.58. The maximum atomic E-state index is 3.61. The van der Waals surface area contributed by atoms with Gasteiger partial charge in [-0.2, -0.15) is 0 Å². The van der Waals surface area contributed by atoms with Crippen molar-refractivity contribution in [2.24, 2.45) is 5.41 Å².